The number of quaternary nitrogens is 1. The van der Waals surface area contributed by atoms with E-state index in [0.29, 0.717) is 5.56 Å². The molecule has 4 rings (SSSR count). The first kappa shape index (κ1) is 18.2. The van der Waals surface area contributed by atoms with E-state index >= 15 is 0 Å². The quantitative estimate of drug-likeness (QED) is 0.589. The van der Waals surface area contributed by atoms with Crippen LogP contribution < -0.4 is 5.32 Å². The van der Waals surface area contributed by atoms with Crippen LogP contribution in [0.1, 0.15) is 17.2 Å². The van der Waals surface area contributed by atoms with Crippen molar-refractivity contribution in [1.29, 1.82) is 0 Å². The van der Waals surface area contributed by atoms with Crippen molar-refractivity contribution in [2.45, 2.75) is 11.6 Å². The van der Waals surface area contributed by atoms with E-state index < -0.39 is 29.4 Å². The summed E-state index contributed by atoms with van der Waals surface area (Å²) >= 11 is 0. The summed E-state index contributed by atoms with van der Waals surface area (Å²) in [6, 6.07) is 15.0. The van der Waals surface area contributed by atoms with Crippen LogP contribution in [-0.4, -0.2) is 41.9 Å². The molecule has 2 amide bonds. The molecule has 7 heteroatoms. The van der Waals surface area contributed by atoms with Crippen molar-refractivity contribution in [2.24, 2.45) is 11.8 Å². The number of benzene rings is 2. The van der Waals surface area contributed by atoms with Gasteiger partial charge in [0.2, 0.25) is 17.4 Å². The highest BCUT2D eigenvalue weighted by molar-refractivity contribution is 6.08. The Hall–Kier alpha value is -3.19. The second kappa shape index (κ2) is 6.45. The lowest BCUT2D eigenvalue weighted by Crippen LogP contribution is -2.96. The molecule has 0 aromatic heterocycles. The summed E-state index contributed by atoms with van der Waals surface area (Å²) in [6.07, 6.45) is 0. The number of aromatic hydroxyl groups is 1. The summed E-state index contributed by atoms with van der Waals surface area (Å²) < 4.78 is 5.13. The van der Waals surface area contributed by atoms with Gasteiger partial charge in [-0.05, 0) is 24.3 Å². The molecule has 2 aromatic carbocycles. The van der Waals surface area contributed by atoms with Crippen LogP contribution in [0.5, 0.6) is 5.75 Å². The molecular weight excluding hydrogens is 360 g/mol. The number of fused-ring (bicyclic) bond motifs is 1. The monoisotopic (exact) mass is 381 g/mol. The number of likely N-dealkylation sites (tertiary alicyclic amines) is 1. The molecule has 0 bridgehead atoms. The Morgan fingerprint density at radius 3 is 2.32 bits per heavy atom. The molecule has 2 aromatic rings. The largest absolute Gasteiger partial charge is 0.508 e. The number of ether oxygens (including phenoxy) is 1. The minimum Gasteiger partial charge on any atom is -0.508 e. The number of amides is 2. The Labute approximate surface area is 161 Å². The summed E-state index contributed by atoms with van der Waals surface area (Å²) in [5.74, 6) is -2.74. The molecule has 2 fully saturated rings. The number of nitrogens with zero attached hydrogens (tertiary/aromatic N) is 1. The molecule has 144 valence electrons. The third-order valence-electron chi connectivity index (χ3n) is 5.94. The summed E-state index contributed by atoms with van der Waals surface area (Å²) in [7, 11) is 2.73. The van der Waals surface area contributed by atoms with Gasteiger partial charge in [0.25, 0.3) is 0 Å². The number of methoxy groups -OCH3 is 1. The molecule has 3 N–H and O–H groups in total. The van der Waals surface area contributed by atoms with E-state index in [1.165, 1.54) is 26.3 Å². The number of carbonyl (C=O) groups excluding carboxylic acids is 3. The van der Waals surface area contributed by atoms with Crippen molar-refractivity contribution in [3.63, 3.8) is 0 Å². The number of nitrogens with two attached hydrogens (primary N) is 1. The van der Waals surface area contributed by atoms with Gasteiger partial charge in [-0.2, -0.15) is 0 Å². The van der Waals surface area contributed by atoms with Crippen molar-refractivity contribution < 1.29 is 29.5 Å². The topological polar surface area (TPSA) is 101 Å². The fourth-order valence-electron chi connectivity index (χ4n) is 4.64. The van der Waals surface area contributed by atoms with Crippen LogP contribution in [0.3, 0.4) is 0 Å². The van der Waals surface area contributed by atoms with Crippen LogP contribution >= 0.6 is 0 Å². The normalized spacial score (nSPS) is 29.1. The highest BCUT2D eigenvalue weighted by Gasteiger charge is 2.72. The lowest BCUT2D eigenvalue weighted by atomic mass is 9.75. The highest BCUT2D eigenvalue weighted by Crippen LogP contribution is 2.48. The van der Waals surface area contributed by atoms with Crippen molar-refractivity contribution in [2.75, 3.05) is 14.2 Å². The molecule has 2 aliphatic heterocycles. The molecule has 0 radical (unpaired) electrons. The van der Waals surface area contributed by atoms with Gasteiger partial charge in [0.15, 0.2) is 0 Å². The Morgan fingerprint density at radius 1 is 1.07 bits per heavy atom. The van der Waals surface area contributed by atoms with Crippen molar-refractivity contribution >= 4 is 17.8 Å². The van der Waals surface area contributed by atoms with Gasteiger partial charge in [-0.1, -0.05) is 30.3 Å². The number of rotatable bonds is 3. The number of carbonyl (C=O) groups is 3. The summed E-state index contributed by atoms with van der Waals surface area (Å²) in [5.41, 5.74) is 0.0151. The lowest BCUT2D eigenvalue weighted by molar-refractivity contribution is -0.742. The summed E-state index contributed by atoms with van der Waals surface area (Å²) in [5, 5.41) is 11.4. The smallest absolute Gasteiger partial charge is 0.373 e. The fraction of sp³-hybridized carbons (Fsp3) is 0.286. The van der Waals surface area contributed by atoms with Gasteiger partial charge in [0.1, 0.15) is 23.6 Å². The first-order valence-corrected chi connectivity index (χ1v) is 9.02. The van der Waals surface area contributed by atoms with Crippen LogP contribution in [0, 0.1) is 11.8 Å². The van der Waals surface area contributed by atoms with Crippen molar-refractivity contribution in [3.05, 3.63) is 65.7 Å². The standard InChI is InChI=1S/C21H20N2O5/c1-23-18(25)15-16(19(23)26)21(20(27)28-2,13-6-4-3-5-7-13)22-17(15)12-8-10-14(24)11-9-12/h3-11,15-17,22,24H,1-2H3/p+1/t15-,16+,17-,21-/m1/s1. The Bertz CT molecular complexity index is 943. The second-order valence-electron chi connectivity index (χ2n) is 7.25. The van der Waals surface area contributed by atoms with Crippen LogP contribution in [0.4, 0.5) is 0 Å². The number of phenolic OH excluding ortho intramolecular Hbond substituents is 1. The number of imide groups is 1. The van der Waals surface area contributed by atoms with E-state index in [4.69, 9.17) is 4.74 Å². The van der Waals surface area contributed by atoms with Gasteiger partial charge >= 0.3 is 5.97 Å². The molecule has 0 unspecified atom stereocenters. The first-order chi connectivity index (χ1) is 13.4. The average Bonchev–Trinajstić information content (AvgIpc) is 3.19. The van der Waals surface area contributed by atoms with E-state index in [1.54, 1.807) is 41.7 Å². The number of hydrogen-bond acceptors (Lipinski definition) is 5. The fourth-order valence-corrected chi connectivity index (χ4v) is 4.64. The van der Waals surface area contributed by atoms with E-state index in [0.717, 1.165) is 10.5 Å². The maximum absolute atomic E-state index is 13.1. The minimum atomic E-state index is -1.36. The number of phenols is 1. The van der Waals surface area contributed by atoms with Gasteiger partial charge in [-0.3, -0.25) is 14.5 Å². The Balaban J connectivity index is 1.94. The molecule has 28 heavy (non-hydrogen) atoms. The molecule has 2 heterocycles. The summed E-state index contributed by atoms with van der Waals surface area (Å²) in [6.45, 7) is 0. The van der Waals surface area contributed by atoms with E-state index in [1.807, 2.05) is 6.07 Å². The summed E-state index contributed by atoms with van der Waals surface area (Å²) in [4.78, 5) is 40.2. The lowest BCUT2D eigenvalue weighted by Gasteiger charge is -2.29. The Morgan fingerprint density at radius 2 is 1.71 bits per heavy atom. The number of esters is 1. The molecule has 0 spiro atoms. The third-order valence-corrected chi connectivity index (χ3v) is 5.94. The molecule has 7 nitrogen and oxygen atoms in total. The molecular formula is C21H21N2O5+. The van der Waals surface area contributed by atoms with Gasteiger partial charge in [0.05, 0.1) is 7.11 Å². The van der Waals surface area contributed by atoms with E-state index in [2.05, 4.69) is 0 Å². The molecule has 0 aliphatic carbocycles. The first-order valence-electron chi connectivity index (χ1n) is 9.02. The van der Waals surface area contributed by atoms with E-state index in [9.17, 15) is 19.5 Å². The average molecular weight is 381 g/mol. The molecule has 2 aliphatic rings. The third kappa shape index (κ3) is 2.36. The SMILES string of the molecule is COC(=O)[C@]1(c2ccccc2)[NH2+][C@H](c2ccc(O)cc2)[C@@H]2C(=O)N(C)C(=O)[C@H]21. The maximum Gasteiger partial charge on any atom is 0.373 e. The zero-order valence-corrected chi connectivity index (χ0v) is 15.5. The molecule has 0 saturated carbocycles. The maximum atomic E-state index is 13.1. The molecule has 2 saturated heterocycles. The van der Waals surface area contributed by atoms with Gasteiger partial charge in [-0.15, -0.1) is 0 Å². The predicted molar refractivity (Wildman–Crippen MR) is 97.7 cm³/mol. The van der Waals surface area contributed by atoms with Crippen LogP contribution in [0.25, 0.3) is 0 Å². The number of hydrogen-bond donors (Lipinski definition) is 2. The van der Waals surface area contributed by atoms with Crippen LogP contribution in [-0.2, 0) is 24.7 Å². The van der Waals surface area contributed by atoms with Crippen molar-refractivity contribution in [1.82, 2.24) is 4.90 Å². The zero-order chi connectivity index (χ0) is 20.1. The van der Waals surface area contributed by atoms with Gasteiger partial charge in [0, 0.05) is 18.2 Å². The predicted octanol–water partition coefficient (Wildman–Crippen LogP) is 0.310. The molecule has 4 atom stereocenters. The van der Waals surface area contributed by atoms with E-state index in [-0.39, 0.29) is 17.6 Å². The van der Waals surface area contributed by atoms with Crippen LogP contribution in [0.2, 0.25) is 0 Å². The van der Waals surface area contributed by atoms with Crippen LogP contribution in [0.15, 0.2) is 54.6 Å². The van der Waals surface area contributed by atoms with Crippen molar-refractivity contribution in [3.8, 4) is 5.75 Å². The van der Waals surface area contributed by atoms with Gasteiger partial charge in [-0.25, -0.2) is 4.79 Å². The minimum absolute atomic E-state index is 0.103. The second-order valence-corrected chi connectivity index (χ2v) is 7.25. The van der Waals surface area contributed by atoms with Gasteiger partial charge < -0.3 is 15.2 Å². The zero-order valence-electron chi connectivity index (χ0n) is 15.5. The highest BCUT2D eigenvalue weighted by atomic mass is 16.5. The Kier molecular flexibility index (Phi) is 4.19.